The van der Waals surface area contributed by atoms with Crippen LogP contribution in [0.2, 0.25) is 0 Å². The van der Waals surface area contributed by atoms with Gasteiger partial charge in [-0.15, -0.1) is 0 Å². The number of benzene rings is 1. The fraction of sp³-hybridized carbons (Fsp3) is 0.0909. The maximum atomic E-state index is 10.8. The molecular weight excluding hydrogens is 290 g/mol. The van der Waals surface area contributed by atoms with Gasteiger partial charge in [0.05, 0.1) is 12.7 Å². The molecule has 1 N–H and O–H groups in total. The molecule has 0 atom stereocenters. The van der Waals surface area contributed by atoms with Crippen LogP contribution in [-0.2, 0) is 0 Å². The first-order valence-electron chi connectivity index (χ1n) is 4.67. The van der Waals surface area contributed by atoms with Crippen molar-refractivity contribution in [2.45, 2.75) is 0 Å². The molecule has 2 rings (SSSR count). The largest absolute Gasteiger partial charge is 0.496 e. The monoisotopic (exact) mass is 297 g/mol. The summed E-state index contributed by atoms with van der Waals surface area (Å²) in [7, 11) is 1.53. The number of hydrogen-bond donors (Lipinski definition) is 1. The molecule has 0 bridgehead atoms. The molecule has 0 radical (unpaired) electrons. The predicted molar refractivity (Wildman–Crippen MR) is 63.2 cm³/mol. The second kappa shape index (κ2) is 4.58. The van der Waals surface area contributed by atoms with Gasteiger partial charge in [-0.25, -0.2) is 4.79 Å². The number of para-hydroxylation sites is 1. The standard InChI is InChI=1S/C11H8BrNO4/c1-16-7-5-3-2-4-6(7)10-8(12)9(11(14)15)13-17-10/h2-5H,1H3,(H,14,15). The molecule has 1 aromatic carbocycles. The van der Waals surface area contributed by atoms with Gasteiger partial charge in [-0.3, -0.25) is 0 Å². The molecule has 0 aliphatic rings. The molecule has 88 valence electrons. The lowest BCUT2D eigenvalue weighted by atomic mass is 10.1. The van der Waals surface area contributed by atoms with Crippen molar-refractivity contribution in [1.82, 2.24) is 5.16 Å². The van der Waals surface area contributed by atoms with E-state index in [0.29, 0.717) is 21.5 Å². The summed E-state index contributed by atoms with van der Waals surface area (Å²) in [4.78, 5) is 10.8. The quantitative estimate of drug-likeness (QED) is 0.943. The lowest BCUT2D eigenvalue weighted by Gasteiger charge is -2.04. The second-order valence-corrected chi connectivity index (χ2v) is 3.97. The normalized spacial score (nSPS) is 10.2. The Balaban J connectivity index is 2.57. The summed E-state index contributed by atoms with van der Waals surface area (Å²) in [5, 5.41) is 12.4. The highest BCUT2D eigenvalue weighted by Gasteiger charge is 2.22. The molecule has 0 unspecified atom stereocenters. The third-order valence-corrected chi connectivity index (χ3v) is 2.93. The predicted octanol–water partition coefficient (Wildman–Crippen LogP) is 2.81. The number of aromatic carboxylic acids is 1. The second-order valence-electron chi connectivity index (χ2n) is 3.18. The Morgan fingerprint density at radius 3 is 2.76 bits per heavy atom. The lowest BCUT2D eigenvalue weighted by Crippen LogP contribution is -1.96. The average molecular weight is 298 g/mol. The van der Waals surface area contributed by atoms with Crippen LogP contribution in [0.5, 0.6) is 5.75 Å². The number of ether oxygens (including phenoxy) is 1. The molecule has 1 aromatic heterocycles. The van der Waals surface area contributed by atoms with E-state index in [2.05, 4.69) is 21.1 Å². The number of methoxy groups -OCH3 is 1. The van der Waals surface area contributed by atoms with Gasteiger partial charge in [0, 0.05) is 0 Å². The summed E-state index contributed by atoms with van der Waals surface area (Å²) < 4.78 is 10.5. The summed E-state index contributed by atoms with van der Waals surface area (Å²) in [6, 6.07) is 7.12. The van der Waals surface area contributed by atoms with Gasteiger partial charge in [0.25, 0.3) is 0 Å². The van der Waals surface area contributed by atoms with Crippen LogP contribution in [0, 0.1) is 0 Å². The SMILES string of the molecule is COc1ccccc1-c1onc(C(=O)O)c1Br. The Kier molecular flexibility index (Phi) is 3.14. The minimum absolute atomic E-state index is 0.161. The first-order chi connectivity index (χ1) is 8.15. The minimum Gasteiger partial charge on any atom is -0.496 e. The van der Waals surface area contributed by atoms with E-state index in [9.17, 15) is 4.79 Å². The smallest absolute Gasteiger partial charge is 0.359 e. The van der Waals surface area contributed by atoms with Gasteiger partial charge < -0.3 is 14.4 Å². The highest BCUT2D eigenvalue weighted by Crippen LogP contribution is 2.36. The molecule has 0 fully saturated rings. The molecule has 0 aliphatic carbocycles. The maximum Gasteiger partial charge on any atom is 0.359 e. The number of hydrogen-bond acceptors (Lipinski definition) is 4. The van der Waals surface area contributed by atoms with Crippen molar-refractivity contribution in [2.24, 2.45) is 0 Å². The fourth-order valence-corrected chi connectivity index (χ4v) is 1.94. The van der Waals surface area contributed by atoms with Gasteiger partial charge in [-0.2, -0.15) is 0 Å². The summed E-state index contributed by atoms with van der Waals surface area (Å²) in [6.07, 6.45) is 0. The topological polar surface area (TPSA) is 72.6 Å². The van der Waals surface area contributed by atoms with Crippen molar-refractivity contribution in [3.05, 3.63) is 34.4 Å². The lowest BCUT2D eigenvalue weighted by molar-refractivity contribution is 0.0685. The summed E-state index contributed by atoms with van der Waals surface area (Å²) in [5.74, 6) is -0.233. The number of carboxylic acid groups (broad SMARTS) is 1. The minimum atomic E-state index is -1.15. The van der Waals surface area contributed by atoms with Crippen LogP contribution in [0.1, 0.15) is 10.5 Å². The summed E-state index contributed by atoms with van der Waals surface area (Å²) in [5.41, 5.74) is 0.479. The van der Waals surface area contributed by atoms with Crippen molar-refractivity contribution in [3.8, 4) is 17.1 Å². The van der Waals surface area contributed by atoms with Gasteiger partial charge in [-0.1, -0.05) is 17.3 Å². The van der Waals surface area contributed by atoms with Gasteiger partial charge in [0.2, 0.25) is 5.69 Å². The Hall–Kier alpha value is -1.82. The van der Waals surface area contributed by atoms with E-state index in [4.69, 9.17) is 14.4 Å². The summed E-state index contributed by atoms with van der Waals surface area (Å²) in [6.45, 7) is 0. The first kappa shape index (κ1) is 11.7. The van der Waals surface area contributed by atoms with E-state index in [1.165, 1.54) is 7.11 Å². The zero-order valence-electron chi connectivity index (χ0n) is 8.81. The molecule has 5 nitrogen and oxygen atoms in total. The van der Waals surface area contributed by atoms with Crippen LogP contribution in [0.25, 0.3) is 11.3 Å². The molecule has 0 saturated carbocycles. The number of aromatic nitrogens is 1. The van der Waals surface area contributed by atoms with Crippen LogP contribution in [0.15, 0.2) is 33.3 Å². The zero-order valence-corrected chi connectivity index (χ0v) is 10.4. The van der Waals surface area contributed by atoms with E-state index in [1.807, 2.05) is 6.07 Å². The van der Waals surface area contributed by atoms with Crippen LogP contribution in [0.4, 0.5) is 0 Å². The summed E-state index contributed by atoms with van der Waals surface area (Å²) >= 11 is 3.16. The van der Waals surface area contributed by atoms with E-state index in [1.54, 1.807) is 18.2 Å². The fourth-order valence-electron chi connectivity index (χ4n) is 1.41. The maximum absolute atomic E-state index is 10.8. The van der Waals surface area contributed by atoms with Crippen molar-refractivity contribution >= 4 is 21.9 Å². The highest BCUT2D eigenvalue weighted by molar-refractivity contribution is 9.10. The average Bonchev–Trinajstić information content (AvgIpc) is 2.71. The molecule has 2 aromatic rings. The molecule has 1 heterocycles. The first-order valence-corrected chi connectivity index (χ1v) is 5.46. The van der Waals surface area contributed by atoms with Crippen LogP contribution < -0.4 is 4.74 Å². The van der Waals surface area contributed by atoms with E-state index < -0.39 is 5.97 Å². The Labute approximate surface area is 105 Å². The van der Waals surface area contributed by atoms with Gasteiger partial charge in [0.15, 0.2) is 5.76 Å². The molecule has 0 spiro atoms. The van der Waals surface area contributed by atoms with Crippen molar-refractivity contribution in [3.63, 3.8) is 0 Å². The van der Waals surface area contributed by atoms with Crippen molar-refractivity contribution in [2.75, 3.05) is 7.11 Å². The molecular formula is C11H8BrNO4. The van der Waals surface area contributed by atoms with Gasteiger partial charge in [0.1, 0.15) is 10.2 Å². The van der Waals surface area contributed by atoms with Crippen molar-refractivity contribution in [1.29, 1.82) is 0 Å². The Morgan fingerprint density at radius 1 is 1.47 bits per heavy atom. The van der Waals surface area contributed by atoms with Crippen LogP contribution in [0.3, 0.4) is 0 Å². The number of carboxylic acids is 1. The zero-order chi connectivity index (χ0) is 12.4. The number of rotatable bonds is 3. The Morgan fingerprint density at radius 2 is 2.18 bits per heavy atom. The Bertz CT molecular complexity index is 564. The van der Waals surface area contributed by atoms with Crippen LogP contribution in [-0.4, -0.2) is 23.3 Å². The van der Waals surface area contributed by atoms with Gasteiger partial charge in [-0.05, 0) is 28.1 Å². The van der Waals surface area contributed by atoms with Crippen LogP contribution >= 0.6 is 15.9 Å². The van der Waals surface area contributed by atoms with E-state index >= 15 is 0 Å². The molecule has 6 heteroatoms. The van der Waals surface area contributed by atoms with E-state index in [0.717, 1.165) is 0 Å². The van der Waals surface area contributed by atoms with Gasteiger partial charge >= 0.3 is 5.97 Å². The van der Waals surface area contributed by atoms with Crippen molar-refractivity contribution < 1.29 is 19.2 Å². The number of carbonyl (C=O) groups is 1. The van der Waals surface area contributed by atoms with E-state index in [-0.39, 0.29) is 5.69 Å². The molecule has 0 saturated heterocycles. The molecule has 0 aliphatic heterocycles. The third kappa shape index (κ3) is 2.03. The molecule has 17 heavy (non-hydrogen) atoms. The third-order valence-electron chi connectivity index (χ3n) is 2.19. The highest BCUT2D eigenvalue weighted by atomic mass is 79.9. The molecule has 0 amide bonds. The number of halogens is 1. The number of nitrogens with zero attached hydrogens (tertiary/aromatic N) is 1.